The highest BCUT2D eigenvalue weighted by atomic mass is 16.4. The number of pyridine rings is 2. The first-order valence-electron chi connectivity index (χ1n) is 15.7. The fourth-order valence-corrected chi connectivity index (χ4v) is 6.69. The SMILES string of the molecule is CN1CCN(c2ccc(-c3cc(C(=O)NCC4CCC(CN(C(=O)O)[C@@H]5CNC(=O)C5)CC4)c4ccccc4n3)cn2)CC1. The molecule has 44 heavy (non-hydrogen) atoms. The smallest absolute Gasteiger partial charge is 0.407 e. The summed E-state index contributed by atoms with van der Waals surface area (Å²) in [5.41, 5.74) is 2.95. The van der Waals surface area contributed by atoms with Crippen LogP contribution in [0.5, 0.6) is 0 Å². The summed E-state index contributed by atoms with van der Waals surface area (Å²) >= 11 is 0. The number of nitrogens with one attached hydrogen (secondary N) is 2. The van der Waals surface area contributed by atoms with E-state index in [-0.39, 0.29) is 30.2 Å². The molecule has 3 amide bonds. The normalized spacial score (nSPS) is 22.5. The van der Waals surface area contributed by atoms with Crippen LogP contribution < -0.4 is 15.5 Å². The van der Waals surface area contributed by atoms with Crippen molar-refractivity contribution in [2.75, 3.05) is 57.8 Å². The molecule has 11 nitrogen and oxygen atoms in total. The number of rotatable bonds is 8. The third-order valence-corrected chi connectivity index (χ3v) is 9.45. The van der Waals surface area contributed by atoms with E-state index in [1.807, 2.05) is 48.7 Å². The van der Waals surface area contributed by atoms with E-state index in [2.05, 4.69) is 27.5 Å². The third kappa shape index (κ3) is 6.77. The fraction of sp³-hybridized carbons (Fsp3) is 0.485. The van der Waals surface area contributed by atoms with Gasteiger partial charge in [-0.15, -0.1) is 0 Å². The Morgan fingerprint density at radius 3 is 2.48 bits per heavy atom. The lowest BCUT2D eigenvalue weighted by Gasteiger charge is -2.33. The number of hydrogen-bond donors (Lipinski definition) is 3. The average Bonchev–Trinajstić information content (AvgIpc) is 3.48. The number of nitrogens with zero attached hydrogens (tertiary/aromatic N) is 5. The Morgan fingerprint density at radius 2 is 1.80 bits per heavy atom. The van der Waals surface area contributed by atoms with E-state index in [0.29, 0.717) is 36.8 Å². The number of fused-ring (bicyclic) bond motifs is 1. The molecule has 232 valence electrons. The van der Waals surface area contributed by atoms with Crippen molar-refractivity contribution in [2.45, 2.75) is 38.1 Å². The van der Waals surface area contributed by atoms with E-state index in [9.17, 15) is 19.5 Å². The quantitative estimate of drug-likeness (QED) is 0.359. The van der Waals surface area contributed by atoms with Crippen LogP contribution in [0.25, 0.3) is 22.2 Å². The number of para-hydroxylation sites is 1. The Balaban J connectivity index is 1.08. The molecule has 1 atom stereocenters. The lowest BCUT2D eigenvalue weighted by atomic mass is 9.81. The van der Waals surface area contributed by atoms with E-state index in [1.54, 1.807) is 0 Å². The molecular formula is C33H41N7O4. The summed E-state index contributed by atoms with van der Waals surface area (Å²) in [6, 6.07) is 13.4. The number of benzene rings is 1. The maximum absolute atomic E-state index is 13.6. The molecule has 2 aliphatic heterocycles. The number of carboxylic acid groups (broad SMARTS) is 1. The first-order valence-corrected chi connectivity index (χ1v) is 15.7. The highest BCUT2D eigenvalue weighted by molar-refractivity contribution is 6.07. The van der Waals surface area contributed by atoms with Crippen molar-refractivity contribution < 1.29 is 19.5 Å². The predicted molar refractivity (Wildman–Crippen MR) is 169 cm³/mol. The van der Waals surface area contributed by atoms with Gasteiger partial charge in [0.2, 0.25) is 5.91 Å². The minimum absolute atomic E-state index is 0.0921. The van der Waals surface area contributed by atoms with Crippen LogP contribution in [0.1, 0.15) is 42.5 Å². The molecule has 1 aromatic carbocycles. The van der Waals surface area contributed by atoms with E-state index in [1.165, 1.54) is 4.90 Å². The molecule has 0 unspecified atom stereocenters. The minimum Gasteiger partial charge on any atom is -0.465 e. The molecule has 1 aliphatic carbocycles. The molecule has 3 N–H and O–H groups in total. The summed E-state index contributed by atoms with van der Waals surface area (Å²) in [5.74, 6) is 1.34. The van der Waals surface area contributed by atoms with Gasteiger partial charge in [-0.25, -0.2) is 14.8 Å². The Labute approximate surface area is 257 Å². The maximum Gasteiger partial charge on any atom is 0.407 e. The number of likely N-dealkylation sites (N-methyl/N-ethyl adjacent to an activating group) is 1. The molecule has 6 rings (SSSR count). The van der Waals surface area contributed by atoms with Crippen molar-refractivity contribution >= 4 is 34.6 Å². The second-order valence-corrected chi connectivity index (χ2v) is 12.5. The van der Waals surface area contributed by atoms with Crippen LogP contribution >= 0.6 is 0 Å². The second-order valence-electron chi connectivity index (χ2n) is 12.5. The third-order valence-electron chi connectivity index (χ3n) is 9.45. The molecule has 2 saturated heterocycles. The summed E-state index contributed by atoms with van der Waals surface area (Å²) in [4.78, 5) is 52.7. The van der Waals surface area contributed by atoms with Crippen LogP contribution in [0.15, 0.2) is 48.7 Å². The zero-order chi connectivity index (χ0) is 30.6. The van der Waals surface area contributed by atoms with Gasteiger partial charge in [0, 0.05) is 69.4 Å². The lowest BCUT2D eigenvalue weighted by molar-refractivity contribution is -0.119. The molecule has 0 bridgehead atoms. The van der Waals surface area contributed by atoms with Gasteiger partial charge in [0.1, 0.15) is 5.82 Å². The monoisotopic (exact) mass is 599 g/mol. The topological polar surface area (TPSA) is 131 Å². The van der Waals surface area contributed by atoms with Crippen molar-refractivity contribution in [3.8, 4) is 11.3 Å². The van der Waals surface area contributed by atoms with Crippen molar-refractivity contribution in [2.24, 2.45) is 11.8 Å². The Morgan fingerprint density at radius 1 is 1.05 bits per heavy atom. The Hall–Kier alpha value is -4.25. The van der Waals surface area contributed by atoms with Gasteiger partial charge in [-0.1, -0.05) is 18.2 Å². The Bertz CT molecular complexity index is 1500. The molecule has 4 heterocycles. The molecule has 2 aromatic heterocycles. The van der Waals surface area contributed by atoms with Gasteiger partial charge in [0.15, 0.2) is 0 Å². The molecule has 3 aliphatic rings. The van der Waals surface area contributed by atoms with Gasteiger partial charge in [-0.2, -0.15) is 0 Å². The molecule has 3 fully saturated rings. The number of hydrogen-bond acceptors (Lipinski definition) is 7. The van der Waals surface area contributed by atoms with Crippen molar-refractivity contribution in [1.29, 1.82) is 0 Å². The van der Waals surface area contributed by atoms with Crippen LogP contribution in [-0.2, 0) is 4.79 Å². The largest absolute Gasteiger partial charge is 0.465 e. The summed E-state index contributed by atoms with van der Waals surface area (Å²) in [5, 5.41) is 16.4. The molecule has 0 radical (unpaired) electrons. The molecule has 3 aromatic rings. The molecule has 1 saturated carbocycles. The first kappa shape index (κ1) is 29.8. The van der Waals surface area contributed by atoms with Crippen molar-refractivity contribution in [3.63, 3.8) is 0 Å². The van der Waals surface area contributed by atoms with Gasteiger partial charge < -0.3 is 30.4 Å². The van der Waals surface area contributed by atoms with Gasteiger partial charge in [0.05, 0.1) is 22.8 Å². The summed E-state index contributed by atoms with van der Waals surface area (Å²) in [7, 11) is 2.14. The zero-order valence-electron chi connectivity index (χ0n) is 25.2. The summed E-state index contributed by atoms with van der Waals surface area (Å²) in [6.45, 7) is 5.33. The van der Waals surface area contributed by atoms with Crippen LogP contribution in [0, 0.1) is 11.8 Å². The number of carbonyl (C=O) groups excluding carboxylic acids is 2. The number of anilines is 1. The number of carbonyl (C=O) groups is 3. The highest BCUT2D eigenvalue weighted by Gasteiger charge is 2.33. The standard InChI is InChI=1S/C33H41N7O4/c1-38-12-14-39(15-13-38)30-11-10-24(19-34-30)29-17-27(26-4-2-3-5-28(26)37-29)32(42)36-18-22-6-8-23(9-7-22)21-40(33(43)44)25-16-31(41)35-20-25/h2-5,10-11,17,19,22-23,25H,6-9,12-16,18,20-21H2,1H3,(H,35,41)(H,36,42)(H,43,44)/t22?,23?,25-/m0/s1. The van der Waals surface area contributed by atoms with Gasteiger partial charge >= 0.3 is 6.09 Å². The first-order chi connectivity index (χ1) is 21.3. The summed E-state index contributed by atoms with van der Waals surface area (Å²) < 4.78 is 0. The summed E-state index contributed by atoms with van der Waals surface area (Å²) in [6.07, 6.45) is 4.76. The maximum atomic E-state index is 13.6. The van der Waals surface area contributed by atoms with Gasteiger partial charge in [-0.3, -0.25) is 9.59 Å². The van der Waals surface area contributed by atoms with Gasteiger partial charge in [0.25, 0.3) is 5.91 Å². The highest BCUT2D eigenvalue weighted by Crippen LogP contribution is 2.31. The van der Waals surface area contributed by atoms with Crippen LogP contribution in [0.4, 0.5) is 10.6 Å². The average molecular weight is 600 g/mol. The van der Waals surface area contributed by atoms with Crippen molar-refractivity contribution in [3.05, 3.63) is 54.2 Å². The zero-order valence-corrected chi connectivity index (χ0v) is 25.2. The fourth-order valence-electron chi connectivity index (χ4n) is 6.69. The van der Waals surface area contributed by atoms with E-state index in [0.717, 1.165) is 74.1 Å². The van der Waals surface area contributed by atoms with Crippen LogP contribution in [0.2, 0.25) is 0 Å². The Kier molecular flexibility index (Phi) is 8.92. The number of amides is 3. The van der Waals surface area contributed by atoms with E-state index < -0.39 is 6.09 Å². The lowest BCUT2D eigenvalue weighted by Crippen LogP contribution is -2.44. The van der Waals surface area contributed by atoms with E-state index in [4.69, 9.17) is 9.97 Å². The van der Waals surface area contributed by atoms with E-state index >= 15 is 0 Å². The second kappa shape index (κ2) is 13.2. The van der Waals surface area contributed by atoms with Gasteiger partial charge in [-0.05, 0) is 68.8 Å². The van der Waals surface area contributed by atoms with Crippen LogP contribution in [0.3, 0.4) is 0 Å². The number of piperazine rings is 1. The van der Waals surface area contributed by atoms with Crippen LogP contribution in [-0.4, -0.2) is 102 Å². The number of aromatic nitrogens is 2. The molecular weight excluding hydrogens is 558 g/mol. The van der Waals surface area contributed by atoms with Crippen molar-refractivity contribution in [1.82, 2.24) is 30.4 Å². The minimum atomic E-state index is -0.966. The molecule has 11 heteroatoms. The molecule has 0 spiro atoms. The predicted octanol–water partition coefficient (Wildman–Crippen LogP) is 3.45.